The smallest absolute Gasteiger partial charge is 0.317 e. The number of carbonyl (C=O) groups excluding carboxylic acids is 1. The van der Waals surface area contributed by atoms with Crippen molar-refractivity contribution < 1.29 is 4.79 Å². The monoisotopic (exact) mass is 315 g/mol. The number of urea groups is 1. The summed E-state index contributed by atoms with van der Waals surface area (Å²) in [6, 6.07) is -0.725. The van der Waals surface area contributed by atoms with Crippen LogP contribution in [-0.4, -0.2) is 35.6 Å². The molecule has 0 radical (unpaired) electrons. The molecule has 0 aliphatic carbocycles. The van der Waals surface area contributed by atoms with Gasteiger partial charge in [0.2, 0.25) is 0 Å². The first-order valence-corrected chi connectivity index (χ1v) is 7.64. The molecule has 0 aliphatic heterocycles. The molecule has 0 bridgehead atoms. The number of hydrogen-bond donors (Lipinski definition) is 5. The fraction of sp³-hybridized carbons (Fsp3) is 0.400. The Kier molecular flexibility index (Phi) is 6.81. The second kappa shape index (κ2) is 8.38. The van der Waals surface area contributed by atoms with Gasteiger partial charge in [-0.1, -0.05) is 0 Å². The van der Waals surface area contributed by atoms with E-state index in [-0.39, 0.29) is 11.2 Å². The quantitative estimate of drug-likeness (QED) is 0.294. The van der Waals surface area contributed by atoms with E-state index in [0.717, 1.165) is 5.69 Å². The van der Waals surface area contributed by atoms with Crippen LogP contribution < -0.4 is 22.1 Å². The Morgan fingerprint density at radius 2 is 2.40 bits per heavy atom. The fourth-order valence-electron chi connectivity index (χ4n) is 1.24. The molecule has 0 saturated heterocycles. The number of aliphatic imine (C=N–C) groups is 1. The fourth-order valence-corrected chi connectivity index (χ4v) is 2.97. The summed E-state index contributed by atoms with van der Waals surface area (Å²) in [5, 5.41) is 14.5. The molecule has 1 aromatic rings. The van der Waals surface area contributed by atoms with Crippen molar-refractivity contribution in [1.29, 1.82) is 5.41 Å². The van der Waals surface area contributed by atoms with Crippen molar-refractivity contribution in [3.63, 3.8) is 0 Å². The van der Waals surface area contributed by atoms with Crippen molar-refractivity contribution >= 4 is 40.9 Å². The maximum Gasteiger partial charge on any atom is 0.317 e. The van der Waals surface area contributed by atoms with E-state index in [1.54, 1.807) is 12.6 Å². The predicted molar refractivity (Wildman–Crippen MR) is 83.1 cm³/mol. The minimum Gasteiger partial charge on any atom is -0.370 e. The number of amides is 2. The predicted octanol–water partition coefficient (Wildman–Crippen LogP) is 0.445. The van der Waals surface area contributed by atoms with Crippen LogP contribution in [0.5, 0.6) is 0 Å². The maximum atomic E-state index is 10.6. The molecular weight excluding hydrogens is 298 g/mol. The van der Waals surface area contributed by atoms with Gasteiger partial charge in [-0.25, -0.2) is 9.78 Å². The zero-order chi connectivity index (χ0) is 15.0. The Bertz CT molecular complexity index is 474. The first kappa shape index (κ1) is 16.2. The number of guanidine groups is 1. The number of primary amides is 1. The summed E-state index contributed by atoms with van der Waals surface area (Å²) in [5.74, 6) is 1.01. The van der Waals surface area contributed by atoms with Crippen molar-refractivity contribution in [2.75, 3.05) is 12.8 Å². The van der Waals surface area contributed by atoms with E-state index in [1.165, 1.54) is 23.1 Å². The van der Waals surface area contributed by atoms with Gasteiger partial charge in [0, 0.05) is 24.6 Å². The minimum absolute atomic E-state index is 0.0826. The number of amidine groups is 1. The third kappa shape index (κ3) is 5.89. The average molecular weight is 315 g/mol. The molecule has 2 amide bonds. The Labute approximate surface area is 124 Å². The zero-order valence-corrected chi connectivity index (χ0v) is 12.6. The summed E-state index contributed by atoms with van der Waals surface area (Å²) in [7, 11) is 1.59. The number of thiazole rings is 1. The van der Waals surface area contributed by atoms with Gasteiger partial charge in [-0.3, -0.25) is 15.7 Å². The molecule has 10 heteroatoms. The van der Waals surface area contributed by atoms with E-state index in [0.29, 0.717) is 18.1 Å². The van der Waals surface area contributed by atoms with Crippen LogP contribution in [0.3, 0.4) is 0 Å². The lowest BCUT2D eigenvalue weighted by atomic mass is 10.4. The highest BCUT2D eigenvalue weighted by Crippen LogP contribution is 2.26. The molecule has 0 saturated carbocycles. The van der Waals surface area contributed by atoms with Crippen molar-refractivity contribution in [2.45, 2.75) is 11.8 Å². The Morgan fingerprint density at radius 3 is 2.95 bits per heavy atom. The van der Waals surface area contributed by atoms with Crippen LogP contribution >= 0.6 is 23.1 Å². The summed E-state index contributed by atoms with van der Waals surface area (Å²) < 4.78 is 0. The Balaban J connectivity index is 2.49. The van der Waals surface area contributed by atoms with E-state index in [9.17, 15) is 4.79 Å². The maximum absolute atomic E-state index is 10.6. The Morgan fingerprint density at radius 1 is 1.65 bits per heavy atom. The summed E-state index contributed by atoms with van der Waals surface area (Å²) >= 11 is 3.01. The zero-order valence-electron chi connectivity index (χ0n) is 10.9. The van der Waals surface area contributed by atoms with Crippen molar-refractivity contribution in [2.24, 2.45) is 16.5 Å². The lowest BCUT2D eigenvalue weighted by Gasteiger charge is -2.16. The minimum atomic E-state index is -0.725. The van der Waals surface area contributed by atoms with Gasteiger partial charge in [0.1, 0.15) is 11.2 Å². The molecule has 1 heterocycles. The van der Waals surface area contributed by atoms with Gasteiger partial charge in [0.25, 0.3) is 0 Å². The van der Waals surface area contributed by atoms with E-state index < -0.39 is 6.03 Å². The molecule has 0 aliphatic rings. The molecule has 1 unspecified atom stereocenters. The molecular formula is C10H17N7OS2. The van der Waals surface area contributed by atoms with Crippen molar-refractivity contribution in [3.8, 4) is 0 Å². The van der Waals surface area contributed by atoms with Crippen LogP contribution in [0.25, 0.3) is 0 Å². The second-order valence-electron chi connectivity index (χ2n) is 3.64. The number of rotatable bonds is 6. The molecule has 8 nitrogen and oxygen atoms in total. The number of nitrogens with two attached hydrogens (primary N) is 2. The number of hydrogen-bond acceptors (Lipinski definition) is 6. The van der Waals surface area contributed by atoms with Gasteiger partial charge in [0.05, 0.1) is 11.2 Å². The van der Waals surface area contributed by atoms with E-state index in [4.69, 9.17) is 16.9 Å². The van der Waals surface area contributed by atoms with E-state index >= 15 is 0 Å². The van der Waals surface area contributed by atoms with Crippen LogP contribution in [0.2, 0.25) is 0 Å². The molecule has 0 aromatic carbocycles. The van der Waals surface area contributed by atoms with Crippen LogP contribution in [0.15, 0.2) is 15.9 Å². The highest BCUT2D eigenvalue weighted by atomic mass is 32.2. The number of aromatic nitrogens is 1. The van der Waals surface area contributed by atoms with Gasteiger partial charge in [-0.15, -0.1) is 23.1 Å². The van der Waals surface area contributed by atoms with Gasteiger partial charge in [-0.2, -0.15) is 0 Å². The molecule has 0 spiro atoms. The number of thioether (sulfide) groups is 1. The molecule has 0 fully saturated rings. The standard InChI is InChI=1S/C10H17N7OS2/c1-14-9(12)17-8(6-4-19-5-15-6)20-3-2-7(11)16-10(13)18/h4-5,8H,2-3H2,1H3,(H3,12,14,17)(H4,11,13,16,18). The first-order valence-electron chi connectivity index (χ1n) is 5.65. The van der Waals surface area contributed by atoms with Crippen LogP contribution in [0.1, 0.15) is 17.5 Å². The van der Waals surface area contributed by atoms with Gasteiger partial charge < -0.3 is 16.8 Å². The second-order valence-corrected chi connectivity index (χ2v) is 5.57. The van der Waals surface area contributed by atoms with Crippen molar-refractivity contribution in [3.05, 3.63) is 16.6 Å². The van der Waals surface area contributed by atoms with Gasteiger partial charge in [-0.05, 0) is 0 Å². The summed E-state index contributed by atoms with van der Waals surface area (Å²) in [6.45, 7) is 0. The third-order valence-corrected chi connectivity index (χ3v) is 3.89. The summed E-state index contributed by atoms with van der Waals surface area (Å²) in [6.07, 6.45) is 0.388. The summed E-state index contributed by atoms with van der Waals surface area (Å²) in [5.41, 5.74) is 13.2. The lowest BCUT2D eigenvalue weighted by molar-refractivity contribution is 0.253. The van der Waals surface area contributed by atoms with Crippen LogP contribution in [0, 0.1) is 5.41 Å². The largest absolute Gasteiger partial charge is 0.370 e. The number of nitrogens with one attached hydrogen (secondary N) is 3. The summed E-state index contributed by atoms with van der Waals surface area (Å²) in [4.78, 5) is 18.7. The third-order valence-electron chi connectivity index (χ3n) is 2.15. The van der Waals surface area contributed by atoms with Crippen LogP contribution in [-0.2, 0) is 0 Å². The lowest BCUT2D eigenvalue weighted by Crippen LogP contribution is -2.35. The SMILES string of the molecule is CN=C(N)NC(SCCC(=N)NC(N)=O)c1cscn1. The molecule has 20 heavy (non-hydrogen) atoms. The normalized spacial score (nSPS) is 12.8. The topological polar surface area (TPSA) is 142 Å². The molecule has 7 N–H and O–H groups in total. The van der Waals surface area contributed by atoms with Crippen LogP contribution in [0.4, 0.5) is 4.79 Å². The van der Waals surface area contributed by atoms with Gasteiger partial charge >= 0.3 is 6.03 Å². The molecule has 1 atom stereocenters. The molecule has 1 aromatic heterocycles. The highest BCUT2D eigenvalue weighted by molar-refractivity contribution is 7.99. The van der Waals surface area contributed by atoms with Gasteiger partial charge in [0.15, 0.2) is 5.96 Å². The first-order chi connectivity index (χ1) is 9.52. The number of nitrogens with zero attached hydrogens (tertiary/aromatic N) is 2. The molecule has 110 valence electrons. The van der Waals surface area contributed by atoms with E-state index in [1.807, 2.05) is 5.38 Å². The number of carbonyl (C=O) groups is 1. The highest BCUT2D eigenvalue weighted by Gasteiger charge is 2.15. The van der Waals surface area contributed by atoms with E-state index in [2.05, 4.69) is 20.6 Å². The molecule has 1 rings (SSSR count). The Hall–Kier alpha value is -1.81. The average Bonchev–Trinajstić information content (AvgIpc) is 2.90. The van der Waals surface area contributed by atoms with Crippen molar-refractivity contribution in [1.82, 2.24) is 15.6 Å².